The highest BCUT2D eigenvalue weighted by molar-refractivity contribution is 5.98. The largest absolute Gasteiger partial charge is 0.474 e. The number of hydrogen-bond acceptors (Lipinski definition) is 6. The number of halogens is 1. The van der Waals surface area contributed by atoms with Crippen LogP contribution in [0, 0.1) is 17.1 Å². The number of Topliss-reactive ketones (excluding diaryl/α,β-unsaturated/α-hetero) is 1. The van der Waals surface area contributed by atoms with E-state index in [1.807, 2.05) is 6.07 Å². The predicted molar refractivity (Wildman–Crippen MR) is 128 cm³/mol. The van der Waals surface area contributed by atoms with E-state index >= 15 is 4.39 Å². The van der Waals surface area contributed by atoms with Crippen LogP contribution >= 0.6 is 0 Å². The van der Waals surface area contributed by atoms with Gasteiger partial charge in [0.25, 0.3) is 0 Å². The van der Waals surface area contributed by atoms with Gasteiger partial charge in [-0.15, -0.1) is 0 Å². The Morgan fingerprint density at radius 2 is 2.11 bits per heavy atom. The van der Waals surface area contributed by atoms with E-state index < -0.39 is 16.8 Å². The standard InChI is InChI=1S/C27H24FN5O3/c28-19-4-1-3-17-9-16(11-23(35)32-26(15-29)7-2-8-26)10-22(34)27(25(17)19)12-18(13-27)36-24-6-5-20-21(31-24)14-30-33-20/h1,3-6,9,14,18H,2,7-8,10-13H2,(H,30,33)(H,32,35). The van der Waals surface area contributed by atoms with Gasteiger partial charge in [-0.05, 0) is 37.0 Å². The van der Waals surface area contributed by atoms with Crippen molar-refractivity contribution in [2.24, 2.45) is 0 Å². The van der Waals surface area contributed by atoms with Gasteiger partial charge in [0.05, 0.1) is 23.2 Å². The zero-order valence-corrected chi connectivity index (χ0v) is 19.5. The lowest BCUT2D eigenvalue weighted by atomic mass is 9.59. The average Bonchev–Trinajstić information content (AvgIpc) is 3.22. The second-order valence-electron chi connectivity index (χ2n) is 10.1. The number of ether oxygens (including phenoxy) is 1. The number of nitrogens with zero attached hydrogens (tertiary/aromatic N) is 3. The van der Waals surface area contributed by atoms with Gasteiger partial charge in [0, 0.05) is 37.3 Å². The summed E-state index contributed by atoms with van der Waals surface area (Å²) in [7, 11) is 0. The number of aromatic amines is 1. The van der Waals surface area contributed by atoms with Crippen molar-refractivity contribution in [2.75, 3.05) is 0 Å². The fourth-order valence-electron chi connectivity index (χ4n) is 5.66. The number of H-pyrrole nitrogens is 1. The summed E-state index contributed by atoms with van der Waals surface area (Å²) >= 11 is 0. The third-order valence-electron chi connectivity index (χ3n) is 7.70. The van der Waals surface area contributed by atoms with Gasteiger partial charge in [-0.2, -0.15) is 10.4 Å². The third-order valence-corrected chi connectivity index (χ3v) is 7.70. The molecular weight excluding hydrogens is 461 g/mol. The zero-order valence-electron chi connectivity index (χ0n) is 19.5. The maximum atomic E-state index is 15.2. The van der Waals surface area contributed by atoms with Gasteiger partial charge in [-0.3, -0.25) is 14.7 Å². The molecule has 3 aliphatic rings. The van der Waals surface area contributed by atoms with Crippen molar-refractivity contribution in [3.05, 3.63) is 59.0 Å². The number of benzene rings is 1. The highest BCUT2D eigenvalue weighted by Gasteiger charge is 2.55. The van der Waals surface area contributed by atoms with Gasteiger partial charge >= 0.3 is 0 Å². The number of fused-ring (bicyclic) bond motifs is 3. The van der Waals surface area contributed by atoms with Crippen LogP contribution in [0.15, 0.2) is 42.1 Å². The van der Waals surface area contributed by atoms with Crippen molar-refractivity contribution < 1.29 is 18.7 Å². The SMILES string of the molecule is N#CC1(NC(=O)CC2=Cc3cccc(F)c3C3(CC(Oc4ccc5[nH]ncc5n4)C3)C(=O)C2)CCC1. The van der Waals surface area contributed by atoms with Crippen LogP contribution in [0.2, 0.25) is 0 Å². The van der Waals surface area contributed by atoms with Crippen molar-refractivity contribution in [2.45, 2.75) is 62.0 Å². The first kappa shape index (κ1) is 22.4. The quantitative estimate of drug-likeness (QED) is 0.566. The minimum atomic E-state index is -1.01. The monoisotopic (exact) mass is 485 g/mol. The van der Waals surface area contributed by atoms with Crippen LogP contribution in [0.4, 0.5) is 4.39 Å². The fourth-order valence-corrected chi connectivity index (χ4v) is 5.66. The Kier molecular flexibility index (Phi) is 5.14. The smallest absolute Gasteiger partial charge is 0.225 e. The molecular formula is C27H24FN5O3. The number of amides is 1. The number of ketones is 1. The summed E-state index contributed by atoms with van der Waals surface area (Å²) in [6.07, 6.45) is 5.94. The average molecular weight is 486 g/mol. The predicted octanol–water partition coefficient (Wildman–Crippen LogP) is 3.88. The van der Waals surface area contributed by atoms with Crippen molar-refractivity contribution in [3.8, 4) is 11.9 Å². The van der Waals surface area contributed by atoms with Gasteiger partial charge < -0.3 is 10.1 Å². The van der Waals surface area contributed by atoms with Crippen LogP contribution in [0.1, 0.15) is 56.1 Å². The Labute approximate surface area is 206 Å². The topological polar surface area (TPSA) is 121 Å². The molecule has 6 rings (SSSR count). The molecule has 0 aliphatic heterocycles. The van der Waals surface area contributed by atoms with Crippen molar-refractivity contribution in [1.29, 1.82) is 5.26 Å². The summed E-state index contributed by atoms with van der Waals surface area (Å²) in [5.41, 5.74) is 1.25. The van der Waals surface area contributed by atoms with Crippen LogP contribution < -0.4 is 10.1 Å². The number of nitriles is 1. The molecule has 0 radical (unpaired) electrons. The molecule has 1 aromatic carbocycles. The van der Waals surface area contributed by atoms with Gasteiger partial charge in [0.15, 0.2) is 0 Å². The van der Waals surface area contributed by atoms with Crippen LogP contribution in [0.3, 0.4) is 0 Å². The number of nitrogens with one attached hydrogen (secondary N) is 2. The molecule has 36 heavy (non-hydrogen) atoms. The van der Waals surface area contributed by atoms with Gasteiger partial charge in [0.2, 0.25) is 11.8 Å². The van der Waals surface area contributed by atoms with Crippen molar-refractivity contribution in [1.82, 2.24) is 20.5 Å². The number of aromatic nitrogens is 3. The first-order chi connectivity index (χ1) is 17.4. The Morgan fingerprint density at radius 3 is 2.86 bits per heavy atom. The van der Waals surface area contributed by atoms with Crippen LogP contribution in [0.25, 0.3) is 17.1 Å². The molecule has 0 bridgehead atoms. The molecule has 8 nitrogen and oxygen atoms in total. The maximum absolute atomic E-state index is 15.2. The second kappa shape index (κ2) is 8.26. The lowest BCUT2D eigenvalue weighted by Gasteiger charge is -2.46. The summed E-state index contributed by atoms with van der Waals surface area (Å²) in [4.78, 5) is 30.8. The van der Waals surface area contributed by atoms with Crippen LogP contribution in [-0.4, -0.2) is 38.5 Å². The zero-order chi connectivity index (χ0) is 24.9. The summed E-state index contributed by atoms with van der Waals surface area (Å²) in [6.45, 7) is 0. The lowest BCUT2D eigenvalue weighted by Crippen LogP contribution is -2.53. The van der Waals surface area contributed by atoms with Crippen LogP contribution in [-0.2, 0) is 15.0 Å². The number of rotatable bonds is 5. The number of pyridine rings is 1. The van der Waals surface area contributed by atoms with Crippen molar-refractivity contribution in [3.63, 3.8) is 0 Å². The maximum Gasteiger partial charge on any atom is 0.225 e. The van der Waals surface area contributed by atoms with E-state index in [1.165, 1.54) is 6.07 Å². The van der Waals surface area contributed by atoms with E-state index in [2.05, 4.69) is 26.6 Å². The molecule has 182 valence electrons. The summed E-state index contributed by atoms with van der Waals surface area (Å²) in [5.74, 6) is -0.421. The molecule has 9 heteroatoms. The Morgan fingerprint density at radius 1 is 1.28 bits per heavy atom. The molecule has 2 N–H and O–H groups in total. The second-order valence-corrected chi connectivity index (χ2v) is 10.1. The lowest BCUT2D eigenvalue weighted by molar-refractivity contribution is -0.131. The highest BCUT2D eigenvalue weighted by Crippen LogP contribution is 2.51. The Bertz CT molecular complexity index is 1460. The molecule has 2 saturated carbocycles. The van der Waals surface area contributed by atoms with Crippen molar-refractivity contribution >= 4 is 28.8 Å². The first-order valence-corrected chi connectivity index (χ1v) is 12.1. The summed E-state index contributed by atoms with van der Waals surface area (Å²) < 4.78 is 21.2. The third kappa shape index (κ3) is 3.65. The molecule has 0 atom stereocenters. The van der Waals surface area contributed by atoms with E-state index in [9.17, 15) is 14.9 Å². The molecule has 2 heterocycles. The highest BCUT2D eigenvalue weighted by atomic mass is 19.1. The molecule has 3 aliphatic carbocycles. The molecule has 2 fully saturated rings. The first-order valence-electron chi connectivity index (χ1n) is 12.1. The normalized spacial score (nSPS) is 24.1. The molecule has 1 amide bonds. The van der Waals surface area contributed by atoms with Gasteiger partial charge in [-0.25, -0.2) is 9.37 Å². The van der Waals surface area contributed by atoms with E-state index in [0.717, 1.165) is 11.9 Å². The molecule has 2 aromatic heterocycles. The fraction of sp³-hybridized carbons (Fsp3) is 0.370. The van der Waals surface area contributed by atoms with Gasteiger partial charge in [-0.1, -0.05) is 23.8 Å². The Hall–Kier alpha value is -4.06. The van der Waals surface area contributed by atoms with E-state index in [0.29, 0.717) is 53.8 Å². The number of hydrogen-bond donors (Lipinski definition) is 2. The molecule has 0 unspecified atom stereocenters. The van der Waals surface area contributed by atoms with E-state index in [-0.39, 0.29) is 30.6 Å². The minimum absolute atomic E-state index is 0.00420. The molecule has 3 aromatic rings. The molecule has 1 spiro atoms. The number of carbonyl (C=O) groups excluding carboxylic acids is 2. The van der Waals surface area contributed by atoms with E-state index in [4.69, 9.17) is 4.74 Å². The summed E-state index contributed by atoms with van der Waals surface area (Å²) in [6, 6.07) is 10.5. The Balaban J connectivity index is 1.22. The van der Waals surface area contributed by atoms with E-state index in [1.54, 1.807) is 30.5 Å². The molecule has 0 saturated heterocycles. The van der Waals surface area contributed by atoms with Crippen LogP contribution in [0.5, 0.6) is 5.88 Å². The minimum Gasteiger partial charge on any atom is -0.474 e. The number of carbonyl (C=O) groups is 2. The summed E-state index contributed by atoms with van der Waals surface area (Å²) in [5, 5.41) is 19.1. The van der Waals surface area contributed by atoms with Gasteiger partial charge in [0.1, 0.15) is 28.8 Å².